The molecule has 3 aromatic rings. The van der Waals surface area contributed by atoms with E-state index in [2.05, 4.69) is 14.8 Å². The van der Waals surface area contributed by atoms with E-state index in [1.807, 2.05) is 6.07 Å². The maximum atomic E-state index is 11.7. The monoisotopic (exact) mass is 359 g/mol. The number of aromatic nitrogens is 2. The van der Waals surface area contributed by atoms with Gasteiger partial charge in [0.2, 0.25) is 5.88 Å². The van der Waals surface area contributed by atoms with E-state index in [1.165, 1.54) is 30.7 Å². The van der Waals surface area contributed by atoms with E-state index >= 15 is 0 Å². The van der Waals surface area contributed by atoms with Crippen molar-refractivity contribution in [1.82, 2.24) is 9.66 Å². The molecule has 25 heavy (non-hydrogen) atoms. The molecule has 0 aliphatic rings. The van der Waals surface area contributed by atoms with Gasteiger partial charge in [-0.1, -0.05) is 0 Å². The van der Waals surface area contributed by atoms with Crippen LogP contribution < -0.4 is 5.69 Å². The summed E-state index contributed by atoms with van der Waals surface area (Å²) in [6, 6.07) is 8.28. The quantitative estimate of drug-likeness (QED) is 0.486. The topological polar surface area (TPSA) is 117 Å². The third-order valence-corrected chi connectivity index (χ3v) is 4.38. The number of methoxy groups -OCH3 is 1. The highest BCUT2D eigenvalue weighted by atomic mass is 32.1. The zero-order chi connectivity index (χ0) is 18.0. The fourth-order valence-electron chi connectivity index (χ4n) is 2.12. The van der Waals surface area contributed by atoms with Crippen LogP contribution in [0.4, 0.5) is 0 Å². The molecule has 2 heterocycles. The highest BCUT2D eigenvalue weighted by Crippen LogP contribution is 2.31. The van der Waals surface area contributed by atoms with Crippen molar-refractivity contribution in [2.45, 2.75) is 0 Å². The predicted octanol–water partition coefficient (Wildman–Crippen LogP) is 1.98. The molecule has 8 nitrogen and oxygen atoms in total. The lowest BCUT2D eigenvalue weighted by Gasteiger charge is -2.04. The normalized spacial score (nSPS) is 11.1. The Labute approximate surface area is 145 Å². The van der Waals surface area contributed by atoms with E-state index < -0.39 is 11.7 Å². The minimum atomic E-state index is -0.621. The van der Waals surface area contributed by atoms with Gasteiger partial charge in [0.05, 0.1) is 19.5 Å². The molecule has 0 aliphatic heterocycles. The van der Waals surface area contributed by atoms with Gasteiger partial charge < -0.3 is 14.9 Å². The number of benzene rings is 1. The Morgan fingerprint density at radius 1 is 1.32 bits per heavy atom. The van der Waals surface area contributed by atoms with Crippen molar-refractivity contribution in [2.24, 2.45) is 5.10 Å². The summed E-state index contributed by atoms with van der Waals surface area (Å²) in [5, 5.41) is 22.9. The van der Waals surface area contributed by atoms with Crippen LogP contribution in [0.2, 0.25) is 0 Å². The van der Waals surface area contributed by atoms with Crippen molar-refractivity contribution in [3.63, 3.8) is 0 Å². The third kappa shape index (κ3) is 3.45. The molecule has 0 fully saturated rings. The molecule has 2 aromatic heterocycles. The number of nitrogens with zero attached hydrogens (tertiary/aromatic N) is 2. The van der Waals surface area contributed by atoms with Gasteiger partial charge in [0.25, 0.3) is 0 Å². The third-order valence-electron chi connectivity index (χ3n) is 3.31. The summed E-state index contributed by atoms with van der Waals surface area (Å²) in [6.45, 7) is 0. The van der Waals surface area contributed by atoms with Crippen LogP contribution in [0.3, 0.4) is 0 Å². The first-order valence-electron chi connectivity index (χ1n) is 7.04. The number of H-pyrrole nitrogens is 1. The Bertz CT molecular complexity index is 1010. The number of hydrogen-bond acceptors (Lipinski definition) is 7. The summed E-state index contributed by atoms with van der Waals surface area (Å²) >= 11 is 1.38. The average Bonchev–Trinajstić information content (AvgIpc) is 3.19. The molecule has 0 radical (unpaired) electrons. The Kier molecular flexibility index (Phi) is 4.40. The molecule has 0 saturated heterocycles. The first-order chi connectivity index (χ1) is 12.0. The first-order valence-corrected chi connectivity index (χ1v) is 7.86. The van der Waals surface area contributed by atoms with Crippen molar-refractivity contribution in [1.29, 1.82) is 0 Å². The fourth-order valence-corrected chi connectivity index (χ4v) is 2.99. The number of phenols is 1. The second-order valence-electron chi connectivity index (χ2n) is 4.96. The number of ether oxygens (including phenoxy) is 1. The van der Waals surface area contributed by atoms with Gasteiger partial charge in [-0.2, -0.15) is 9.78 Å². The van der Waals surface area contributed by atoms with Crippen LogP contribution >= 0.6 is 11.3 Å². The van der Waals surface area contributed by atoms with Gasteiger partial charge in [0, 0.05) is 9.75 Å². The molecule has 0 unspecified atom stereocenters. The Balaban J connectivity index is 1.88. The number of rotatable bonds is 4. The molecular formula is C16H13N3O5S. The van der Waals surface area contributed by atoms with Crippen molar-refractivity contribution in [2.75, 3.05) is 7.11 Å². The van der Waals surface area contributed by atoms with Crippen LogP contribution in [0.5, 0.6) is 11.6 Å². The second-order valence-corrected chi connectivity index (χ2v) is 6.07. The highest BCUT2D eigenvalue weighted by molar-refractivity contribution is 7.17. The molecule has 3 N–H and O–H groups in total. The smallest absolute Gasteiger partial charge is 0.349 e. The molecule has 128 valence electrons. The van der Waals surface area contributed by atoms with Crippen LogP contribution in [0.15, 0.2) is 46.4 Å². The molecule has 1 aromatic carbocycles. The van der Waals surface area contributed by atoms with Gasteiger partial charge >= 0.3 is 11.7 Å². The number of carbonyl (C=O) groups excluding carboxylic acids is 1. The second kappa shape index (κ2) is 6.65. The molecule has 0 aliphatic carbocycles. The lowest BCUT2D eigenvalue weighted by Crippen LogP contribution is -2.11. The van der Waals surface area contributed by atoms with E-state index in [1.54, 1.807) is 18.2 Å². The Morgan fingerprint density at radius 3 is 2.80 bits per heavy atom. The first kappa shape index (κ1) is 16.5. The fraction of sp³-hybridized carbons (Fsp3) is 0.0625. The van der Waals surface area contributed by atoms with E-state index in [-0.39, 0.29) is 17.2 Å². The molecule has 0 saturated carbocycles. The number of esters is 1. The van der Waals surface area contributed by atoms with Crippen LogP contribution in [0.1, 0.15) is 15.2 Å². The average molecular weight is 359 g/mol. The van der Waals surface area contributed by atoms with Gasteiger partial charge in [-0.05, 0) is 35.9 Å². The minimum Gasteiger partial charge on any atom is -0.507 e. The van der Waals surface area contributed by atoms with E-state index in [9.17, 15) is 19.8 Å². The van der Waals surface area contributed by atoms with Gasteiger partial charge in [-0.3, -0.25) is 4.98 Å². The number of carbonyl (C=O) groups is 1. The molecule has 9 heteroatoms. The lowest BCUT2D eigenvalue weighted by atomic mass is 10.1. The highest BCUT2D eigenvalue weighted by Gasteiger charge is 2.13. The number of nitrogens with one attached hydrogen (secondary N) is 1. The van der Waals surface area contributed by atoms with Crippen molar-refractivity contribution < 1.29 is 19.7 Å². The standard InChI is InChI=1S/C16H13N3O5S/c1-24-15(22)11-6-9(2-4-12(11)20)13-5-3-10(25-13)7-17-19-8-14(21)18-16(19)23/h2-8,20-21H,1H3,(H,18,23)/b17-7+. The number of phenolic OH excluding ortho intramolecular Hbond substituents is 1. The molecule has 0 amide bonds. The van der Waals surface area contributed by atoms with Crippen molar-refractivity contribution in [3.05, 3.63) is 57.5 Å². The lowest BCUT2D eigenvalue weighted by molar-refractivity contribution is 0.0597. The van der Waals surface area contributed by atoms with Gasteiger partial charge in [-0.25, -0.2) is 9.59 Å². The van der Waals surface area contributed by atoms with Crippen molar-refractivity contribution >= 4 is 23.5 Å². The van der Waals surface area contributed by atoms with Crippen LogP contribution in [0, 0.1) is 0 Å². The number of hydrogen-bond donors (Lipinski definition) is 3. The maximum absolute atomic E-state index is 11.7. The van der Waals surface area contributed by atoms with Crippen LogP contribution in [0.25, 0.3) is 10.4 Å². The molecule has 3 rings (SSSR count). The maximum Gasteiger partial charge on any atom is 0.349 e. The Hall–Kier alpha value is -3.33. The minimum absolute atomic E-state index is 0.0815. The zero-order valence-electron chi connectivity index (χ0n) is 13.0. The molecule has 0 bridgehead atoms. The molecule has 0 atom stereocenters. The molecular weight excluding hydrogens is 346 g/mol. The number of imidazole rings is 1. The predicted molar refractivity (Wildman–Crippen MR) is 92.5 cm³/mol. The summed E-state index contributed by atoms with van der Waals surface area (Å²) in [7, 11) is 1.24. The van der Waals surface area contributed by atoms with E-state index in [0.717, 1.165) is 26.2 Å². The number of thiophene rings is 1. The van der Waals surface area contributed by atoms with E-state index in [0.29, 0.717) is 0 Å². The largest absolute Gasteiger partial charge is 0.507 e. The van der Waals surface area contributed by atoms with Crippen molar-refractivity contribution in [3.8, 4) is 22.1 Å². The van der Waals surface area contributed by atoms with Gasteiger partial charge in [0.1, 0.15) is 11.3 Å². The number of aromatic hydroxyl groups is 2. The summed E-state index contributed by atoms with van der Waals surface area (Å²) in [5.41, 5.74) is 0.268. The summed E-state index contributed by atoms with van der Waals surface area (Å²) < 4.78 is 5.62. The van der Waals surface area contributed by atoms with E-state index in [4.69, 9.17) is 0 Å². The van der Waals surface area contributed by atoms with Crippen LogP contribution in [-0.4, -0.2) is 39.2 Å². The summed E-state index contributed by atoms with van der Waals surface area (Å²) in [5.74, 6) is -1.04. The summed E-state index contributed by atoms with van der Waals surface area (Å²) in [6.07, 6.45) is 2.64. The molecule has 0 spiro atoms. The number of aromatic amines is 1. The Morgan fingerprint density at radius 2 is 2.12 bits per heavy atom. The van der Waals surface area contributed by atoms with Gasteiger partial charge in [0.15, 0.2) is 0 Å². The van der Waals surface area contributed by atoms with Gasteiger partial charge in [-0.15, -0.1) is 11.3 Å². The zero-order valence-corrected chi connectivity index (χ0v) is 13.8. The SMILES string of the molecule is COC(=O)c1cc(-c2ccc(/C=N/n3cc(O)[nH]c3=O)s2)ccc1O. The van der Waals surface area contributed by atoms with Crippen LogP contribution in [-0.2, 0) is 4.74 Å². The summed E-state index contributed by atoms with van der Waals surface area (Å²) in [4.78, 5) is 26.9.